The molecule has 0 aliphatic heterocycles. The predicted molar refractivity (Wildman–Crippen MR) is 87.2 cm³/mol. The summed E-state index contributed by atoms with van der Waals surface area (Å²) in [6.45, 7) is 0. The van der Waals surface area contributed by atoms with Gasteiger partial charge in [-0.25, -0.2) is 4.39 Å². The molecule has 1 unspecified atom stereocenters. The first-order valence-electron chi connectivity index (χ1n) is 6.33. The second-order valence-corrected chi connectivity index (χ2v) is 6.45. The Morgan fingerprint density at radius 2 is 1.75 bits per heavy atom. The van der Waals surface area contributed by atoms with Crippen LogP contribution in [0, 0.1) is 11.7 Å². The van der Waals surface area contributed by atoms with Crippen molar-refractivity contribution in [1.29, 1.82) is 0 Å². The summed E-state index contributed by atoms with van der Waals surface area (Å²) < 4.78 is 14.7. The van der Waals surface area contributed by atoms with Gasteiger partial charge in [0, 0.05) is 15.4 Å². The molecule has 0 saturated carbocycles. The molecule has 2 aromatic rings. The van der Waals surface area contributed by atoms with Crippen LogP contribution >= 0.6 is 39.1 Å². The van der Waals surface area contributed by atoms with Crippen molar-refractivity contribution in [3.63, 3.8) is 0 Å². The van der Waals surface area contributed by atoms with E-state index in [1.165, 1.54) is 6.07 Å². The Morgan fingerprint density at radius 3 is 2.40 bits per heavy atom. The van der Waals surface area contributed by atoms with Gasteiger partial charge in [-0.05, 0) is 60.2 Å². The monoisotopic (exact) mass is 374 g/mol. The van der Waals surface area contributed by atoms with Crippen LogP contribution < -0.4 is 0 Å². The van der Waals surface area contributed by atoms with Crippen molar-refractivity contribution in [2.24, 2.45) is 5.92 Å². The van der Waals surface area contributed by atoms with Gasteiger partial charge in [0.25, 0.3) is 0 Å². The molecule has 0 radical (unpaired) electrons. The molecular formula is C16H14BrCl2F. The first kappa shape index (κ1) is 15.8. The lowest BCUT2D eigenvalue weighted by molar-refractivity contribution is 0.546. The lowest BCUT2D eigenvalue weighted by atomic mass is 9.94. The van der Waals surface area contributed by atoms with Crippen LogP contribution in [0.2, 0.25) is 5.02 Å². The van der Waals surface area contributed by atoms with Crippen LogP contribution in [0.4, 0.5) is 4.39 Å². The SMILES string of the molecule is Fc1ccc(Br)cc1CC(CCl)Cc1ccc(Cl)cc1. The lowest BCUT2D eigenvalue weighted by Crippen LogP contribution is -2.11. The number of hydrogen-bond donors (Lipinski definition) is 0. The summed E-state index contributed by atoms with van der Waals surface area (Å²) in [6, 6.07) is 12.7. The number of rotatable bonds is 5. The third-order valence-electron chi connectivity index (χ3n) is 3.17. The third-order valence-corrected chi connectivity index (χ3v) is 4.35. The zero-order chi connectivity index (χ0) is 14.5. The molecule has 0 N–H and O–H groups in total. The number of benzene rings is 2. The minimum absolute atomic E-state index is 0.181. The van der Waals surface area contributed by atoms with Crippen LogP contribution in [0.3, 0.4) is 0 Å². The van der Waals surface area contributed by atoms with Gasteiger partial charge in [0.15, 0.2) is 0 Å². The molecule has 0 spiro atoms. The summed E-state index contributed by atoms with van der Waals surface area (Å²) in [7, 11) is 0. The quantitative estimate of drug-likeness (QED) is 0.572. The Balaban J connectivity index is 2.08. The molecule has 0 amide bonds. The average Bonchev–Trinajstić information content (AvgIpc) is 2.44. The van der Waals surface area contributed by atoms with E-state index in [4.69, 9.17) is 23.2 Å². The highest BCUT2D eigenvalue weighted by molar-refractivity contribution is 9.10. The van der Waals surface area contributed by atoms with Gasteiger partial charge in [-0.1, -0.05) is 39.7 Å². The van der Waals surface area contributed by atoms with Gasteiger partial charge in [0.05, 0.1) is 0 Å². The molecule has 0 nitrogen and oxygen atoms in total. The van der Waals surface area contributed by atoms with Gasteiger partial charge in [0.1, 0.15) is 5.82 Å². The Kier molecular flexibility index (Phi) is 5.88. The normalized spacial score (nSPS) is 12.4. The maximum Gasteiger partial charge on any atom is 0.126 e. The van der Waals surface area contributed by atoms with E-state index >= 15 is 0 Å². The molecule has 0 fully saturated rings. The first-order chi connectivity index (χ1) is 9.58. The van der Waals surface area contributed by atoms with E-state index in [9.17, 15) is 4.39 Å². The minimum Gasteiger partial charge on any atom is -0.207 e. The number of halogens is 4. The summed E-state index contributed by atoms with van der Waals surface area (Å²) in [5, 5.41) is 0.717. The second-order valence-electron chi connectivity index (χ2n) is 4.79. The summed E-state index contributed by atoms with van der Waals surface area (Å²) in [5.41, 5.74) is 1.86. The van der Waals surface area contributed by atoms with E-state index in [1.54, 1.807) is 6.07 Å². The van der Waals surface area contributed by atoms with Crippen LogP contribution in [0.1, 0.15) is 11.1 Å². The topological polar surface area (TPSA) is 0 Å². The molecule has 20 heavy (non-hydrogen) atoms. The Labute approximate surface area is 137 Å². The highest BCUT2D eigenvalue weighted by Gasteiger charge is 2.13. The van der Waals surface area contributed by atoms with E-state index in [-0.39, 0.29) is 11.7 Å². The molecule has 0 heterocycles. The van der Waals surface area contributed by atoms with E-state index < -0.39 is 0 Å². The van der Waals surface area contributed by atoms with Crippen LogP contribution in [-0.4, -0.2) is 5.88 Å². The molecule has 0 saturated heterocycles. The van der Waals surface area contributed by atoms with Gasteiger partial charge in [0.2, 0.25) is 0 Å². The van der Waals surface area contributed by atoms with Crippen molar-refractivity contribution in [3.05, 3.63) is 68.9 Å². The van der Waals surface area contributed by atoms with Crippen molar-refractivity contribution in [2.45, 2.75) is 12.8 Å². The van der Waals surface area contributed by atoms with Crippen molar-refractivity contribution in [2.75, 3.05) is 5.88 Å². The summed E-state index contributed by atoms with van der Waals surface area (Å²) in [5.74, 6) is 0.509. The number of alkyl halides is 1. The number of hydrogen-bond acceptors (Lipinski definition) is 0. The molecule has 2 rings (SSSR count). The van der Waals surface area contributed by atoms with E-state index in [2.05, 4.69) is 15.9 Å². The Morgan fingerprint density at radius 1 is 1.05 bits per heavy atom. The predicted octanol–water partition coefficient (Wildman–Crippen LogP) is 5.88. The van der Waals surface area contributed by atoms with Crippen molar-refractivity contribution in [3.8, 4) is 0 Å². The molecule has 0 bridgehead atoms. The maximum atomic E-state index is 13.8. The lowest BCUT2D eigenvalue weighted by Gasteiger charge is -2.15. The molecule has 0 aliphatic carbocycles. The summed E-state index contributed by atoms with van der Waals surface area (Å²) >= 11 is 15.3. The minimum atomic E-state index is -0.181. The van der Waals surface area contributed by atoms with Gasteiger partial charge in [-0.2, -0.15) is 0 Å². The second kappa shape index (κ2) is 7.44. The van der Waals surface area contributed by atoms with E-state index in [0.717, 1.165) is 16.5 Å². The highest BCUT2D eigenvalue weighted by Crippen LogP contribution is 2.22. The van der Waals surface area contributed by atoms with Gasteiger partial charge in [-0.3, -0.25) is 0 Å². The summed E-state index contributed by atoms with van der Waals surface area (Å²) in [4.78, 5) is 0. The smallest absolute Gasteiger partial charge is 0.126 e. The van der Waals surface area contributed by atoms with Crippen molar-refractivity contribution in [1.82, 2.24) is 0 Å². The van der Waals surface area contributed by atoms with Gasteiger partial charge < -0.3 is 0 Å². The molecule has 4 heteroatoms. The Bertz CT molecular complexity index is 569. The van der Waals surface area contributed by atoms with Crippen molar-refractivity contribution >= 4 is 39.1 Å². The molecular weight excluding hydrogens is 362 g/mol. The largest absolute Gasteiger partial charge is 0.207 e. The zero-order valence-electron chi connectivity index (χ0n) is 10.8. The molecule has 0 aliphatic rings. The molecule has 106 valence electrons. The molecule has 0 aromatic heterocycles. The molecule has 2 aromatic carbocycles. The average molecular weight is 376 g/mol. The standard InChI is InChI=1S/C16H14BrCl2F/c17-14-3-6-16(20)13(9-14)8-12(10-18)7-11-1-4-15(19)5-2-11/h1-6,9,12H,7-8,10H2. The Hall–Kier alpha value is -0.570. The van der Waals surface area contributed by atoms with Gasteiger partial charge in [-0.15, -0.1) is 11.6 Å². The fourth-order valence-corrected chi connectivity index (χ4v) is 2.90. The van der Waals surface area contributed by atoms with E-state index in [1.807, 2.05) is 30.3 Å². The van der Waals surface area contributed by atoms with Crippen LogP contribution in [0.15, 0.2) is 46.9 Å². The van der Waals surface area contributed by atoms with Crippen molar-refractivity contribution < 1.29 is 4.39 Å². The zero-order valence-corrected chi connectivity index (χ0v) is 13.8. The van der Waals surface area contributed by atoms with Crippen LogP contribution in [0.5, 0.6) is 0 Å². The fourth-order valence-electron chi connectivity index (χ4n) is 2.15. The van der Waals surface area contributed by atoms with E-state index in [0.29, 0.717) is 22.9 Å². The van der Waals surface area contributed by atoms with Crippen LogP contribution in [-0.2, 0) is 12.8 Å². The van der Waals surface area contributed by atoms with Gasteiger partial charge >= 0.3 is 0 Å². The third kappa shape index (κ3) is 4.47. The summed E-state index contributed by atoms with van der Waals surface area (Å²) in [6.07, 6.45) is 1.43. The molecule has 1 atom stereocenters. The highest BCUT2D eigenvalue weighted by atomic mass is 79.9. The van der Waals surface area contributed by atoms with Crippen LogP contribution in [0.25, 0.3) is 0 Å². The maximum absolute atomic E-state index is 13.8. The fraction of sp³-hybridized carbons (Fsp3) is 0.250. The first-order valence-corrected chi connectivity index (χ1v) is 8.03.